The van der Waals surface area contributed by atoms with Crippen molar-refractivity contribution in [1.82, 2.24) is 10.6 Å². The van der Waals surface area contributed by atoms with Crippen molar-refractivity contribution in [3.63, 3.8) is 0 Å². The maximum atomic E-state index is 15.0. The molecule has 2 fully saturated rings. The number of benzene rings is 2. The van der Waals surface area contributed by atoms with E-state index in [1.165, 1.54) is 0 Å². The van der Waals surface area contributed by atoms with Crippen LogP contribution in [-0.4, -0.2) is 51.5 Å². The average molecular weight is 667 g/mol. The molecule has 0 bridgehead atoms. The Morgan fingerprint density at radius 2 is 1.60 bits per heavy atom. The van der Waals surface area contributed by atoms with Gasteiger partial charge in [-0.2, -0.15) is 26.3 Å². The van der Waals surface area contributed by atoms with Crippen molar-refractivity contribution in [3.05, 3.63) is 65.0 Å². The van der Waals surface area contributed by atoms with Crippen LogP contribution in [0.3, 0.4) is 0 Å². The van der Waals surface area contributed by atoms with Crippen LogP contribution >= 0.6 is 0 Å². The number of halogens is 8. The minimum atomic E-state index is -6.42. The van der Waals surface area contributed by atoms with Gasteiger partial charge in [-0.15, -0.1) is 0 Å². The highest BCUT2D eigenvalue weighted by Gasteiger charge is 2.74. The molecule has 7 nitrogen and oxygen atoms in total. The molecule has 2 aromatic rings. The first-order valence-electron chi connectivity index (χ1n) is 13.9. The predicted molar refractivity (Wildman–Crippen MR) is 140 cm³/mol. The van der Waals surface area contributed by atoms with Gasteiger partial charge in [0.1, 0.15) is 16.9 Å². The van der Waals surface area contributed by atoms with E-state index < -0.39 is 78.6 Å². The third-order valence-electron chi connectivity index (χ3n) is 9.22. The first-order valence-corrected chi connectivity index (χ1v) is 15.4. The topological polar surface area (TPSA) is 109 Å². The van der Waals surface area contributed by atoms with Gasteiger partial charge in [-0.1, -0.05) is 18.2 Å². The molecule has 244 valence electrons. The molecule has 0 spiro atoms. The van der Waals surface area contributed by atoms with E-state index >= 15 is 4.39 Å². The van der Waals surface area contributed by atoms with Crippen LogP contribution in [0.5, 0.6) is 0 Å². The SMILES string of the molecule is O=CC1C[C@@H](NC(=O)C2CCC(=O)NC2)[C@@H]2CCc3cc(C(F)(C(F)(F)F)C(F)(F)F)ccc3[C@@]12S(=O)(=O)c1ccc(F)cc1. The van der Waals surface area contributed by atoms with E-state index in [0.29, 0.717) is 18.4 Å². The largest absolute Gasteiger partial charge is 0.435 e. The smallest absolute Gasteiger partial charge is 0.355 e. The summed E-state index contributed by atoms with van der Waals surface area (Å²) in [6.07, 6.45) is -13.1. The second kappa shape index (κ2) is 11.1. The Morgan fingerprint density at radius 3 is 2.16 bits per heavy atom. The molecule has 0 radical (unpaired) electrons. The highest BCUT2D eigenvalue weighted by Crippen LogP contribution is 2.60. The van der Waals surface area contributed by atoms with Crippen LogP contribution in [0.15, 0.2) is 47.4 Å². The minimum Gasteiger partial charge on any atom is -0.355 e. The maximum Gasteiger partial charge on any atom is 0.435 e. The molecule has 2 aliphatic carbocycles. The summed E-state index contributed by atoms with van der Waals surface area (Å²) in [5.41, 5.74) is -8.24. The van der Waals surface area contributed by atoms with Gasteiger partial charge in [0, 0.05) is 36.4 Å². The molecule has 3 aliphatic rings. The van der Waals surface area contributed by atoms with E-state index in [4.69, 9.17) is 0 Å². The van der Waals surface area contributed by atoms with Crippen LogP contribution < -0.4 is 10.6 Å². The van der Waals surface area contributed by atoms with Crippen molar-refractivity contribution >= 4 is 27.9 Å². The molecule has 1 saturated heterocycles. The van der Waals surface area contributed by atoms with E-state index in [1.54, 1.807) is 0 Å². The number of hydrogen-bond donors (Lipinski definition) is 2. The summed E-state index contributed by atoms with van der Waals surface area (Å²) in [6.45, 7) is 0.00713. The van der Waals surface area contributed by atoms with Crippen LogP contribution in [0, 0.1) is 23.6 Å². The highest BCUT2D eigenvalue weighted by atomic mass is 32.2. The molecule has 2 amide bonds. The van der Waals surface area contributed by atoms with Gasteiger partial charge >= 0.3 is 18.0 Å². The number of fused-ring (bicyclic) bond motifs is 3. The molecular weight excluding hydrogens is 640 g/mol. The Labute approximate surface area is 251 Å². The number of alkyl halides is 7. The number of nitrogens with one attached hydrogen (secondary N) is 2. The van der Waals surface area contributed by atoms with Crippen molar-refractivity contribution in [2.45, 2.75) is 65.8 Å². The summed E-state index contributed by atoms with van der Waals surface area (Å²) in [5.74, 6) is -4.89. The molecule has 2 unspecified atom stereocenters. The number of hydrogen-bond acceptors (Lipinski definition) is 5. The van der Waals surface area contributed by atoms with Crippen LogP contribution in [0.2, 0.25) is 0 Å². The van der Waals surface area contributed by atoms with Crippen LogP contribution in [0.1, 0.15) is 42.4 Å². The maximum absolute atomic E-state index is 15.0. The summed E-state index contributed by atoms with van der Waals surface area (Å²) in [6, 6.07) is 3.69. The quantitative estimate of drug-likeness (QED) is 0.267. The Balaban J connectivity index is 1.68. The summed E-state index contributed by atoms with van der Waals surface area (Å²) < 4.78 is 137. The first kappa shape index (κ1) is 32.8. The number of amides is 2. The van der Waals surface area contributed by atoms with Gasteiger partial charge in [-0.25, -0.2) is 17.2 Å². The second-order valence-corrected chi connectivity index (χ2v) is 13.7. The summed E-state index contributed by atoms with van der Waals surface area (Å²) in [5, 5.41) is 5.31. The van der Waals surface area contributed by atoms with E-state index in [0.717, 1.165) is 24.3 Å². The summed E-state index contributed by atoms with van der Waals surface area (Å²) >= 11 is 0. The monoisotopic (exact) mass is 666 g/mol. The highest BCUT2D eigenvalue weighted by molar-refractivity contribution is 7.92. The van der Waals surface area contributed by atoms with Gasteiger partial charge < -0.3 is 15.4 Å². The lowest BCUT2D eigenvalue weighted by Gasteiger charge is -2.44. The fraction of sp³-hybridized carbons (Fsp3) is 0.483. The average Bonchev–Trinajstić information content (AvgIpc) is 3.30. The van der Waals surface area contributed by atoms with Crippen molar-refractivity contribution in [1.29, 1.82) is 0 Å². The number of aryl methyl sites for hydroxylation is 1. The third-order valence-corrected chi connectivity index (χ3v) is 11.8. The lowest BCUT2D eigenvalue weighted by atomic mass is 9.71. The zero-order valence-corrected chi connectivity index (χ0v) is 24.0. The number of rotatable bonds is 6. The lowest BCUT2D eigenvalue weighted by Crippen LogP contribution is -2.53. The number of sulfone groups is 1. The molecule has 0 aromatic heterocycles. The molecule has 1 aliphatic heterocycles. The molecule has 2 N–H and O–H groups in total. The second-order valence-electron chi connectivity index (χ2n) is 11.6. The number of carbonyl (C=O) groups is 3. The molecular formula is C29H26F8N2O5S. The molecule has 16 heteroatoms. The van der Waals surface area contributed by atoms with Gasteiger partial charge in [-0.05, 0) is 61.1 Å². The van der Waals surface area contributed by atoms with Gasteiger partial charge in [-0.3, -0.25) is 9.59 Å². The molecule has 45 heavy (non-hydrogen) atoms. The van der Waals surface area contributed by atoms with Gasteiger partial charge in [0.15, 0.2) is 9.84 Å². The lowest BCUT2D eigenvalue weighted by molar-refractivity contribution is -0.348. The number of aldehydes is 1. The van der Waals surface area contributed by atoms with Crippen LogP contribution in [0.25, 0.3) is 0 Å². The molecule has 5 atom stereocenters. The summed E-state index contributed by atoms with van der Waals surface area (Å²) in [4.78, 5) is 36.9. The van der Waals surface area contributed by atoms with Crippen molar-refractivity contribution in [2.24, 2.45) is 17.8 Å². The molecule has 1 heterocycles. The van der Waals surface area contributed by atoms with Crippen LogP contribution in [0.4, 0.5) is 35.1 Å². The molecule has 5 rings (SSSR count). The Kier molecular flexibility index (Phi) is 8.06. The molecule has 2 aromatic carbocycles. The van der Waals surface area contributed by atoms with Gasteiger partial charge in [0.2, 0.25) is 11.8 Å². The predicted octanol–water partition coefficient (Wildman–Crippen LogP) is 4.58. The fourth-order valence-electron chi connectivity index (χ4n) is 7.12. The van der Waals surface area contributed by atoms with Crippen molar-refractivity contribution in [2.75, 3.05) is 6.54 Å². The number of piperidine rings is 1. The van der Waals surface area contributed by atoms with E-state index in [-0.39, 0.29) is 61.7 Å². The first-order chi connectivity index (χ1) is 20.9. The summed E-state index contributed by atoms with van der Waals surface area (Å²) in [7, 11) is -4.80. The Hall–Kier alpha value is -3.56. The zero-order chi connectivity index (χ0) is 33.2. The Bertz CT molecular complexity index is 1600. The van der Waals surface area contributed by atoms with E-state index in [9.17, 15) is 53.5 Å². The zero-order valence-electron chi connectivity index (χ0n) is 23.1. The van der Waals surface area contributed by atoms with Crippen molar-refractivity contribution in [3.8, 4) is 0 Å². The van der Waals surface area contributed by atoms with Crippen LogP contribution in [-0.2, 0) is 41.1 Å². The normalized spacial score (nSPS) is 27.2. The van der Waals surface area contributed by atoms with E-state index in [1.807, 2.05) is 0 Å². The third kappa shape index (κ3) is 4.99. The number of carbonyl (C=O) groups excluding carboxylic acids is 3. The van der Waals surface area contributed by atoms with Crippen molar-refractivity contribution < 1.29 is 57.9 Å². The molecule has 1 saturated carbocycles. The Morgan fingerprint density at radius 1 is 0.956 bits per heavy atom. The van der Waals surface area contributed by atoms with E-state index in [2.05, 4.69) is 10.6 Å². The standard InChI is InChI=1S/C29H26F8N2O5S/c30-19-4-6-20(7-5-19)45(43,44)26-18(14-40)12-23(39-25(42)16-2-10-24(41)38-13-16)22(26)8-1-15-11-17(3-9-21(15)26)27(31,28(32,33)34)29(35,36)37/h3-7,9,11,14,16,18,22-23H,1-2,8,10,12-13H2,(H,38,41)(H,39,42)/t16?,18?,22-,23+,26-/m0/s1. The fourth-order valence-corrected chi connectivity index (χ4v) is 9.73. The minimum absolute atomic E-state index is 0.00713. The van der Waals surface area contributed by atoms with Gasteiger partial charge in [0.25, 0.3) is 0 Å². The van der Waals surface area contributed by atoms with Gasteiger partial charge in [0.05, 0.1) is 10.8 Å².